The highest BCUT2D eigenvalue weighted by Gasteiger charge is 2.08. The number of aromatic nitrogens is 2. The van der Waals surface area contributed by atoms with Crippen molar-refractivity contribution in [2.75, 3.05) is 0 Å². The smallest absolute Gasteiger partial charge is 0.264 e. The number of aryl methyl sites for hydroxylation is 2. The van der Waals surface area contributed by atoms with Crippen molar-refractivity contribution in [3.63, 3.8) is 0 Å². The highest BCUT2D eigenvalue weighted by Crippen LogP contribution is 2.22. The zero-order valence-electron chi connectivity index (χ0n) is 11.5. The summed E-state index contributed by atoms with van der Waals surface area (Å²) < 4.78 is 10.8. The van der Waals surface area contributed by atoms with Gasteiger partial charge < -0.3 is 15.0 Å². The molecule has 1 aromatic heterocycles. The fraction of sp³-hybridized carbons (Fsp3) is 0.429. The Balaban J connectivity index is 2.03. The molecule has 1 aromatic carbocycles. The predicted molar refractivity (Wildman–Crippen MR) is 71.8 cm³/mol. The number of nitrogens with two attached hydrogens (primary N) is 1. The molecule has 19 heavy (non-hydrogen) atoms. The lowest BCUT2D eigenvalue weighted by atomic mass is 10.1. The van der Waals surface area contributed by atoms with Crippen LogP contribution < -0.4 is 10.5 Å². The molecule has 0 fully saturated rings. The first-order valence-electron chi connectivity index (χ1n) is 6.40. The van der Waals surface area contributed by atoms with Gasteiger partial charge >= 0.3 is 0 Å². The van der Waals surface area contributed by atoms with Crippen molar-refractivity contribution in [2.24, 2.45) is 5.73 Å². The van der Waals surface area contributed by atoms with Gasteiger partial charge in [-0.2, -0.15) is 4.98 Å². The molecule has 0 spiro atoms. The van der Waals surface area contributed by atoms with Gasteiger partial charge in [0.25, 0.3) is 5.89 Å². The van der Waals surface area contributed by atoms with E-state index in [2.05, 4.69) is 10.1 Å². The molecule has 5 nitrogen and oxygen atoms in total. The molecular formula is C14H19N3O2. The average molecular weight is 261 g/mol. The van der Waals surface area contributed by atoms with Gasteiger partial charge in [-0.1, -0.05) is 24.2 Å². The van der Waals surface area contributed by atoms with Gasteiger partial charge in [-0.3, -0.25) is 0 Å². The lowest BCUT2D eigenvalue weighted by molar-refractivity contribution is 0.241. The van der Waals surface area contributed by atoms with Crippen LogP contribution in [-0.4, -0.2) is 10.1 Å². The summed E-state index contributed by atoms with van der Waals surface area (Å²) >= 11 is 0. The second-order valence-corrected chi connectivity index (χ2v) is 4.56. The maximum absolute atomic E-state index is 5.84. The summed E-state index contributed by atoms with van der Waals surface area (Å²) in [5.74, 6) is 2.00. The number of hydrogen-bond donors (Lipinski definition) is 1. The number of nitrogens with zero attached hydrogens (tertiary/aromatic N) is 2. The van der Waals surface area contributed by atoms with E-state index in [0.717, 1.165) is 23.3 Å². The molecule has 5 heteroatoms. The van der Waals surface area contributed by atoms with Crippen LogP contribution in [0.4, 0.5) is 0 Å². The highest BCUT2D eigenvalue weighted by atomic mass is 16.5. The van der Waals surface area contributed by atoms with Gasteiger partial charge in [-0.25, -0.2) is 0 Å². The van der Waals surface area contributed by atoms with E-state index < -0.39 is 0 Å². The molecule has 0 saturated carbocycles. The van der Waals surface area contributed by atoms with Crippen LogP contribution in [0.3, 0.4) is 0 Å². The molecule has 0 saturated heterocycles. The van der Waals surface area contributed by atoms with Crippen molar-refractivity contribution in [3.05, 3.63) is 41.0 Å². The van der Waals surface area contributed by atoms with Crippen LogP contribution in [0.1, 0.15) is 42.7 Å². The van der Waals surface area contributed by atoms with Gasteiger partial charge in [-0.15, -0.1) is 0 Å². The molecule has 0 aliphatic rings. The second kappa shape index (κ2) is 5.84. The fourth-order valence-electron chi connectivity index (χ4n) is 1.75. The molecule has 0 aliphatic heterocycles. The molecule has 0 amide bonds. The van der Waals surface area contributed by atoms with Crippen molar-refractivity contribution in [1.82, 2.24) is 10.1 Å². The first-order valence-corrected chi connectivity index (χ1v) is 6.40. The normalized spacial score (nSPS) is 12.4. The highest BCUT2D eigenvalue weighted by molar-refractivity contribution is 5.37. The number of rotatable bonds is 5. The van der Waals surface area contributed by atoms with Crippen molar-refractivity contribution in [3.8, 4) is 5.75 Å². The maximum atomic E-state index is 5.84. The third-order valence-electron chi connectivity index (χ3n) is 2.90. The van der Waals surface area contributed by atoms with E-state index in [0.29, 0.717) is 11.7 Å². The van der Waals surface area contributed by atoms with Crippen LogP contribution in [-0.2, 0) is 13.0 Å². The van der Waals surface area contributed by atoms with Gasteiger partial charge in [0, 0.05) is 12.5 Å². The Morgan fingerprint density at radius 1 is 1.42 bits per heavy atom. The number of benzene rings is 1. The molecule has 0 radical (unpaired) electrons. The van der Waals surface area contributed by atoms with Gasteiger partial charge in [0.1, 0.15) is 5.75 Å². The quantitative estimate of drug-likeness (QED) is 0.895. The van der Waals surface area contributed by atoms with E-state index in [-0.39, 0.29) is 12.6 Å². The van der Waals surface area contributed by atoms with Gasteiger partial charge in [-0.05, 0) is 31.0 Å². The van der Waals surface area contributed by atoms with E-state index in [4.69, 9.17) is 15.0 Å². The van der Waals surface area contributed by atoms with Crippen LogP contribution in [0, 0.1) is 6.92 Å². The van der Waals surface area contributed by atoms with Crippen molar-refractivity contribution in [2.45, 2.75) is 39.8 Å². The largest absolute Gasteiger partial charge is 0.483 e. The summed E-state index contributed by atoms with van der Waals surface area (Å²) in [6.45, 7) is 6.21. The zero-order valence-corrected chi connectivity index (χ0v) is 11.5. The predicted octanol–water partition coefficient (Wildman–Crippen LogP) is 2.54. The van der Waals surface area contributed by atoms with Gasteiger partial charge in [0.05, 0.1) is 0 Å². The molecule has 102 valence electrons. The Morgan fingerprint density at radius 3 is 2.79 bits per heavy atom. The van der Waals surface area contributed by atoms with Crippen LogP contribution in [0.25, 0.3) is 0 Å². The van der Waals surface area contributed by atoms with Gasteiger partial charge in [0.15, 0.2) is 12.4 Å². The van der Waals surface area contributed by atoms with E-state index in [1.807, 2.05) is 39.0 Å². The second-order valence-electron chi connectivity index (χ2n) is 4.56. The molecule has 0 unspecified atom stereocenters. The average Bonchev–Trinajstić information content (AvgIpc) is 2.85. The maximum Gasteiger partial charge on any atom is 0.264 e. The SMILES string of the molecule is CCc1noc(COc2ccc([C@H](C)N)cc2C)n1. The fourth-order valence-corrected chi connectivity index (χ4v) is 1.75. The lowest BCUT2D eigenvalue weighted by Crippen LogP contribution is -2.05. The number of ether oxygens (including phenoxy) is 1. The third-order valence-corrected chi connectivity index (χ3v) is 2.90. The van der Waals surface area contributed by atoms with E-state index in [1.54, 1.807) is 0 Å². The van der Waals surface area contributed by atoms with E-state index in [1.165, 1.54) is 0 Å². The van der Waals surface area contributed by atoms with E-state index >= 15 is 0 Å². The molecule has 1 atom stereocenters. The van der Waals surface area contributed by atoms with Crippen LogP contribution in [0.15, 0.2) is 22.7 Å². The summed E-state index contributed by atoms with van der Waals surface area (Å²) in [6, 6.07) is 5.95. The molecule has 2 N–H and O–H groups in total. The lowest BCUT2D eigenvalue weighted by Gasteiger charge is -2.11. The number of hydrogen-bond acceptors (Lipinski definition) is 5. The van der Waals surface area contributed by atoms with Crippen LogP contribution in [0.2, 0.25) is 0 Å². The summed E-state index contributed by atoms with van der Waals surface area (Å²) in [6.07, 6.45) is 0.756. The van der Waals surface area contributed by atoms with Gasteiger partial charge in [0.2, 0.25) is 0 Å². The summed E-state index contributed by atoms with van der Waals surface area (Å²) in [5.41, 5.74) is 7.98. The molecule has 0 aliphatic carbocycles. The zero-order chi connectivity index (χ0) is 13.8. The standard InChI is InChI=1S/C14H19N3O2/c1-4-13-16-14(19-17-13)8-18-12-6-5-11(10(3)15)7-9(12)2/h5-7,10H,4,8,15H2,1-3H3/t10-/m0/s1. The van der Waals surface area contributed by atoms with Crippen LogP contribution >= 0.6 is 0 Å². The molecule has 2 rings (SSSR count). The molecule has 1 heterocycles. The summed E-state index contributed by atoms with van der Waals surface area (Å²) in [5, 5.41) is 3.82. The molecule has 0 bridgehead atoms. The Kier molecular flexibility index (Phi) is 4.16. The Morgan fingerprint density at radius 2 is 2.21 bits per heavy atom. The Hall–Kier alpha value is -1.88. The van der Waals surface area contributed by atoms with Crippen molar-refractivity contribution < 1.29 is 9.26 Å². The minimum atomic E-state index is 0.0239. The monoisotopic (exact) mass is 261 g/mol. The molecule has 2 aromatic rings. The minimum absolute atomic E-state index is 0.0239. The molecular weight excluding hydrogens is 242 g/mol. The minimum Gasteiger partial charge on any atom is -0.483 e. The third kappa shape index (κ3) is 3.32. The summed E-state index contributed by atoms with van der Waals surface area (Å²) in [7, 11) is 0. The Labute approximate surface area is 112 Å². The van der Waals surface area contributed by atoms with Crippen LogP contribution in [0.5, 0.6) is 5.75 Å². The topological polar surface area (TPSA) is 74.2 Å². The first kappa shape index (κ1) is 13.5. The van der Waals surface area contributed by atoms with E-state index in [9.17, 15) is 0 Å². The summed E-state index contributed by atoms with van der Waals surface area (Å²) in [4.78, 5) is 4.20. The Bertz CT molecular complexity index is 549. The first-order chi connectivity index (χ1) is 9.10. The van der Waals surface area contributed by atoms with Crippen molar-refractivity contribution >= 4 is 0 Å². The van der Waals surface area contributed by atoms with Crippen molar-refractivity contribution in [1.29, 1.82) is 0 Å².